The highest BCUT2D eigenvalue weighted by molar-refractivity contribution is 5.95. The third kappa shape index (κ3) is 6.64. The highest BCUT2D eigenvalue weighted by atomic mass is 19.4. The van der Waals surface area contributed by atoms with E-state index in [0.717, 1.165) is 53.6 Å². The van der Waals surface area contributed by atoms with Crippen LogP contribution in [-0.2, 0) is 29.8 Å². The fourth-order valence-electron chi connectivity index (χ4n) is 9.16. The van der Waals surface area contributed by atoms with Gasteiger partial charge in [-0.05, 0) is 107 Å². The van der Waals surface area contributed by atoms with Gasteiger partial charge in [-0.25, -0.2) is 0 Å². The molecule has 1 nitrogen and oxygen atoms in total. The van der Waals surface area contributed by atoms with Gasteiger partial charge in [-0.1, -0.05) is 142 Å². The van der Waals surface area contributed by atoms with Crippen molar-refractivity contribution in [2.45, 2.75) is 82.2 Å². The summed E-state index contributed by atoms with van der Waals surface area (Å²) in [6, 6.07) is 37.9. The number of fused-ring (bicyclic) bond motifs is 4. The minimum Gasteiger partial charge on any atom is -0.344 e. The predicted octanol–water partition coefficient (Wildman–Crippen LogP) is 13.0. The van der Waals surface area contributed by atoms with Crippen LogP contribution < -0.4 is 4.90 Å². The summed E-state index contributed by atoms with van der Waals surface area (Å²) in [4.78, 5) is 2.57. The molecule has 1 atom stereocenters. The minimum atomic E-state index is -4.39. The van der Waals surface area contributed by atoms with Gasteiger partial charge in [-0.3, -0.25) is 0 Å². The zero-order valence-corrected chi connectivity index (χ0v) is 30.4. The molecule has 0 amide bonds. The van der Waals surface area contributed by atoms with Gasteiger partial charge in [-0.15, -0.1) is 0 Å². The molecule has 1 saturated carbocycles. The van der Waals surface area contributed by atoms with Crippen LogP contribution in [0.2, 0.25) is 0 Å². The lowest BCUT2D eigenvalue weighted by Gasteiger charge is -2.38. The van der Waals surface area contributed by atoms with E-state index in [1.165, 1.54) is 59.1 Å². The largest absolute Gasteiger partial charge is 0.416 e. The molecule has 0 N–H and O–H groups in total. The van der Waals surface area contributed by atoms with Crippen molar-refractivity contribution < 1.29 is 13.2 Å². The average molecular weight is 696 g/mol. The molecule has 0 saturated heterocycles. The molecule has 4 heteroatoms. The Hall–Kier alpha value is -4.83. The summed E-state index contributed by atoms with van der Waals surface area (Å²) in [5, 5.41) is 2.65. The Morgan fingerprint density at radius 2 is 1.42 bits per heavy atom. The monoisotopic (exact) mass is 695 g/mol. The number of aryl methyl sites for hydroxylation is 1. The Bertz CT molecular complexity index is 2100. The van der Waals surface area contributed by atoms with Crippen molar-refractivity contribution in [2.24, 2.45) is 0 Å². The summed E-state index contributed by atoms with van der Waals surface area (Å²) in [6.45, 7) is 10.1. The van der Waals surface area contributed by atoms with E-state index >= 15 is 0 Å². The highest BCUT2D eigenvalue weighted by Gasteiger charge is 2.48. The normalized spacial score (nSPS) is 17.6. The molecule has 1 heterocycles. The van der Waals surface area contributed by atoms with Gasteiger partial charge in [0.1, 0.15) is 0 Å². The number of hydrogen-bond donors (Lipinski definition) is 0. The Labute approximate surface area is 307 Å². The van der Waals surface area contributed by atoms with Gasteiger partial charge in [0, 0.05) is 28.8 Å². The summed E-state index contributed by atoms with van der Waals surface area (Å²) in [5.41, 5.74) is 8.09. The number of alkyl halides is 3. The van der Waals surface area contributed by atoms with E-state index in [4.69, 9.17) is 6.58 Å². The van der Waals surface area contributed by atoms with Crippen LogP contribution in [0.15, 0.2) is 151 Å². The standard InChI is InChI=1S/C48H48F3N/c1-4-32-52-43-29-26-39-20-10-11-21-41(39)45(43)46(30-13-6-14-31-46)44(52)23-15-17-36(3)47(33-37-18-7-5-8-19-37,42-22-12-9-16-35(42)2)34-38-24-27-40(28-25-38)48(49,50)51/h5,7-12,15-29H,3-4,6,13-14,30-34H2,1-2H3/b17-15+,44-23+. The average Bonchev–Trinajstić information content (AvgIpc) is 3.39. The van der Waals surface area contributed by atoms with Crippen LogP contribution in [0.4, 0.5) is 18.9 Å². The molecular weight excluding hydrogens is 648 g/mol. The van der Waals surface area contributed by atoms with E-state index in [2.05, 4.69) is 104 Å². The first-order valence-electron chi connectivity index (χ1n) is 18.8. The van der Waals surface area contributed by atoms with Gasteiger partial charge in [0.25, 0.3) is 0 Å². The van der Waals surface area contributed by atoms with E-state index in [-0.39, 0.29) is 5.41 Å². The summed E-state index contributed by atoms with van der Waals surface area (Å²) >= 11 is 0. The van der Waals surface area contributed by atoms with E-state index in [1.54, 1.807) is 12.1 Å². The van der Waals surface area contributed by atoms with Gasteiger partial charge in [0.15, 0.2) is 0 Å². The number of allylic oxidation sites excluding steroid dienone is 5. The van der Waals surface area contributed by atoms with Crippen LogP contribution in [0.3, 0.4) is 0 Å². The molecule has 266 valence electrons. The van der Waals surface area contributed by atoms with Crippen LogP contribution >= 0.6 is 0 Å². The van der Waals surface area contributed by atoms with Gasteiger partial charge in [0.05, 0.1) is 5.56 Å². The van der Waals surface area contributed by atoms with Crippen molar-refractivity contribution in [2.75, 3.05) is 11.4 Å². The first kappa shape index (κ1) is 35.6. The Morgan fingerprint density at radius 3 is 2.12 bits per heavy atom. The molecule has 2 aliphatic rings. The molecule has 1 aliphatic carbocycles. The first-order valence-corrected chi connectivity index (χ1v) is 18.8. The predicted molar refractivity (Wildman–Crippen MR) is 211 cm³/mol. The number of nitrogens with zero attached hydrogens (tertiary/aromatic N) is 1. The van der Waals surface area contributed by atoms with Gasteiger partial charge < -0.3 is 4.90 Å². The van der Waals surface area contributed by atoms with E-state index in [1.807, 2.05) is 24.3 Å². The van der Waals surface area contributed by atoms with E-state index in [0.29, 0.717) is 12.8 Å². The number of anilines is 1. The lowest BCUT2D eigenvalue weighted by molar-refractivity contribution is -0.137. The number of hydrogen-bond acceptors (Lipinski definition) is 1. The molecule has 1 unspecified atom stereocenters. The summed E-state index contributed by atoms with van der Waals surface area (Å²) in [5.74, 6) is 0. The van der Waals surface area contributed by atoms with E-state index < -0.39 is 17.2 Å². The number of benzene rings is 5. The fourth-order valence-corrected chi connectivity index (χ4v) is 9.16. The Morgan fingerprint density at radius 1 is 0.769 bits per heavy atom. The van der Waals surface area contributed by atoms with Gasteiger partial charge >= 0.3 is 6.18 Å². The third-order valence-electron chi connectivity index (χ3n) is 11.6. The zero-order chi connectivity index (χ0) is 36.3. The molecule has 1 spiro atoms. The molecule has 52 heavy (non-hydrogen) atoms. The van der Waals surface area contributed by atoms with Crippen LogP contribution in [0.1, 0.15) is 78.8 Å². The second kappa shape index (κ2) is 14.7. The number of halogens is 3. The first-order chi connectivity index (χ1) is 25.2. The molecule has 0 radical (unpaired) electrons. The van der Waals surface area contributed by atoms with Crippen LogP contribution in [0, 0.1) is 6.92 Å². The molecule has 0 aromatic heterocycles. The molecule has 1 aliphatic heterocycles. The molecule has 7 rings (SSSR count). The third-order valence-corrected chi connectivity index (χ3v) is 11.6. The second-order valence-electron chi connectivity index (χ2n) is 14.8. The molecule has 0 bridgehead atoms. The SMILES string of the molecule is C=C(/C=C/C=C1/N(CCC)c2ccc3ccccc3c2C12CCCCC2)C(Cc1ccccc1)(Cc1ccc(C(F)(F)F)cc1)c1ccccc1C. The highest BCUT2D eigenvalue weighted by Crippen LogP contribution is 2.57. The molecular formula is C48H48F3N. The van der Waals surface area contributed by atoms with Crippen LogP contribution in [0.25, 0.3) is 10.8 Å². The lowest BCUT2D eigenvalue weighted by atomic mass is 9.65. The lowest BCUT2D eigenvalue weighted by Crippen LogP contribution is -2.34. The van der Waals surface area contributed by atoms with Crippen molar-refractivity contribution in [3.63, 3.8) is 0 Å². The quantitative estimate of drug-likeness (QED) is 0.131. The maximum Gasteiger partial charge on any atom is 0.416 e. The van der Waals surface area contributed by atoms with Crippen molar-refractivity contribution in [3.8, 4) is 0 Å². The van der Waals surface area contributed by atoms with Gasteiger partial charge in [0.2, 0.25) is 0 Å². The van der Waals surface area contributed by atoms with Crippen LogP contribution in [0.5, 0.6) is 0 Å². The van der Waals surface area contributed by atoms with E-state index in [9.17, 15) is 13.2 Å². The fraction of sp³-hybridized carbons (Fsp3) is 0.292. The molecule has 1 fully saturated rings. The van der Waals surface area contributed by atoms with Crippen LogP contribution in [-0.4, -0.2) is 6.54 Å². The summed E-state index contributed by atoms with van der Waals surface area (Å²) in [6.07, 6.45) is 10.5. The number of rotatable bonds is 10. The molecule has 5 aromatic rings. The summed E-state index contributed by atoms with van der Waals surface area (Å²) in [7, 11) is 0. The van der Waals surface area contributed by atoms with Crippen molar-refractivity contribution in [3.05, 3.63) is 185 Å². The molecule has 5 aromatic carbocycles. The van der Waals surface area contributed by atoms with Gasteiger partial charge in [-0.2, -0.15) is 13.2 Å². The minimum absolute atomic E-state index is 0.0489. The Balaban J connectivity index is 1.35. The van der Waals surface area contributed by atoms with Crippen molar-refractivity contribution >= 4 is 16.5 Å². The maximum absolute atomic E-state index is 13.6. The second-order valence-corrected chi connectivity index (χ2v) is 14.8. The topological polar surface area (TPSA) is 3.24 Å². The summed E-state index contributed by atoms with van der Waals surface area (Å²) < 4.78 is 40.8. The van der Waals surface area contributed by atoms with Crippen molar-refractivity contribution in [1.82, 2.24) is 0 Å². The maximum atomic E-state index is 13.6. The zero-order valence-electron chi connectivity index (χ0n) is 30.4. The smallest absolute Gasteiger partial charge is 0.344 e. The Kier molecular flexibility index (Phi) is 10.0. The van der Waals surface area contributed by atoms with Crippen molar-refractivity contribution in [1.29, 1.82) is 0 Å².